The molecule has 9 atom stereocenters. The highest BCUT2D eigenvalue weighted by molar-refractivity contribution is 5.85. The Hall–Kier alpha value is -0.670. The molecule has 0 aliphatic heterocycles. The van der Waals surface area contributed by atoms with Gasteiger partial charge in [-0.1, -0.05) is 46.8 Å². The van der Waals surface area contributed by atoms with Crippen molar-refractivity contribution in [2.45, 2.75) is 124 Å². The predicted molar refractivity (Wildman–Crippen MR) is 135 cm³/mol. The Morgan fingerprint density at radius 3 is 2.30 bits per heavy atom. The van der Waals surface area contributed by atoms with Crippen LogP contribution in [0.1, 0.15) is 113 Å². The molecule has 2 N–H and O–H groups in total. The van der Waals surface area contributed by atoms with E-state index in [4.69, 9.17) is 0 Å². The van der Waals surface area contributed by atoms with E-state index in [-0.39, 0.29) is 21.7 Å². The van der Waals surface area contributed by atoms with Crippen LogP contribution in [0, 0.1) is 45.3 Å². The van der Waals surface area contributed by atoms with Crippen LogP contribution in [-0.2, 0) is 4.79 Å². The third-order valence-electron chi connectivity index (χ3n) is 12.4. The summed E-state index contributed by atoms with van der Waals surface area (Å²) in [4.78, 5) is 12.9. The SMILES string of the molecule is C=C(C)[C@@H](O)CC[C@](C)(O)[C@H]1CC[C@@]2(C)[C@H]1CC[C@@H]1[C@@]3(C)CCC(=O)C(C)(C)[C@@H]3CC[C@]12C. The molecule has 0 amide bonds. The highest BCUT2D eigenvalue weighted by atomic mass is 16.3. The zero-order chi connectivity index (χ0) is 24.6. The predicted octanol–water partition coefficient (Wildman–Crippen LogP) is 6.71. The summed E-state index contributed by atoms with van der Waals surface area (Å²) in [6.45, 7) is 19.9. The second-order valence-electron chi connectivity index (χ2n) is 14.2. The largest absolute Gasteiger partial charge is 0.390 e. The fourth-order valence-electron chi connectivity index (χ4n) is 10.1. The van der Waals surface area contributed by atoms with Crippen molar-refractivity contribution in [3.63, 3.8) is 0 Å². The van der Waals surface area contributed by atoms with Gasteiger partial charge in [0.1, 0.15) is 5.78 Å². The molecule has 0 heterocycles. The first kappa shape index (κ1) is 25.4. The van der Waals surface area contributed by atoms with Crippen molar-refractivity contribution in [3.05, 3.63) is 12.2 Å². The van der Waals surface area contributed by atoms with E-state index in [9.17, 15) is 15.0 Å². The summed E-state index contributed by atoms with van der Waals surface area (Å²) >= 11 is 0. The highest BCUT2D eigenvalue weighted by Gasteiger charge is 2.69. The summed E-state index contributed by atoms with van der Waals surface area (Å²) in [5.41, 5.74) is 0.580. The number of aliphatic hydroxyl groups is 2. The Labute approximate surface area is 202 Å². The fourth-order valence-corrected chi connectivity index (χ4v) is 10.1. The molecule has 0 radical (unpaired) electrons. The van der Waals surface area contributed by atoms with Gasteiger partial charge in [-0.15, -0.1) is 0 Å². The Kier molecular flexibility index (Phi) is 6.10. The van der Waals surface area contributed by atoms with Gasteiger partial charge in [-0.05, 0) is 112 Å². The molecular formula is C30H50O3. The molecule has 4 fully saturated rings. The van der Waals surface area contributed by atoms with Gasteiger partial charge in [0.2, 0.25) is 0 Å². The molecule has 3 heteroatoms. The van der Waals surface area contributed by atoms with Crippen molar-refractivity contribution in [2.24, 2.45) is 45.3 Å². The third kappa shape index (κ3) is 3.53. The van der Waals surface area contributed by atoms with Crippen LogP contribution in [0.15, 0.2) is 12.2 Å². The standard InChI is InChI=1S/C30H50O3/c1-19(2)22(31)12-18-30(8,33)21-11-16-28(6)20(21)9-10-24-27(5)15-14-25(32)26(3,4)23(27)13-17-29(24,28)7/h20-24,31,33H,1,9-18H2,2-8H3/t20-,21-,22-,23-,24+,27-,28-,29+,30-/m0/s1. The molecule has 0 aromatic heterocycles. The average molecular weight is 459 g/mol. The minimum atomic E-state index is -0.748. The lowest BCUT2D eigenvalue weighted by Crippen LogP contribution is -2.63. The summed E-state index contributed by atoms with van der Waals surface area (Å²) in [5, 5.41) is 21.9. The van der Waals surface area contributed by atoms with Gasteiger partial charge in [0.05, 0.1) is 11.7 Å². The van der Waals surface area contributed by atoms with Gasteiger partial charge < -0.3 is 10.2 Å². The van der Waals surface area contributed by atoms with Crippen LogP contribution in [0.2, 0.25) is 0 Å². The Balaban J connectivity index is 1.60. The van der Waals surface area contributed by atoms with E-state index in [2.05, 4.69) is 41.2 Å². The van der Waals surface area contributed by atoms with Crippen LogP contribution in [0.4, 0.5) is 0 Å². The van der Waals surface area contributed by atoms with E-state index in [1.54, 1.807) is 0 Å². The minimum Gasteiger partial charge on any atom is -0.390 e. The fraction of sp³-hybridized carbons (Fsp3) is 0.900. The first-order valence-electron chi connectivity index (χ1n) is 13.7. The average Bonchev–Trinajstić information content (AvgIpc) is 3.08. The summed E-state index contributed by atoms with van der Waals surface area (Å²) in [7, 11) is 0. The quantitative estimate of drug-likeness (QED) is 0.450. The molecule has 4 rings (SSSR count). The van der Waals surface area contributed by atoms with E-state index in [1.165, 1.54) is 25.7 Å². The van der Waals surface area contributed by atoms with Crippen molar-refractivity contribution >= 4 is 5.78 Å². The van der Waals surface area contributed by atoms with E-state index in [0.717, 1.165) is 31.3 Å². The summed E-state index contributed by atoms with van der Waals surface area (Å²) < 4.78 is 0. The van der Waals surface area contributed by atoms with Crippen LogP contribution in [0.25, 0.3) is 0 Å². The maximum absolute atomic E-state index is 12.9. The first-order valence-corrected chi connectivity index (χ1v) is 13.7. The Morgan fingerprint density at radius 2 is 1.67 bits per heavy atom. The van der Waals surface area contributed by atoms with Crippen LogP contribution >= 0.6 is 0 Å². The molecule has 0 aromatic carbocycles. The molecule has 4 aliphatic rings. The van der Waals surface area contributed by atoms with Crippen LogP contribution in [-0.4, -0.2) is 27.7 Å². The maximum atomic E-state index is 12.9. The van der Waals surface area contributed by atoms with Crippen molar-refractivity contribution < 1.29 is 15.0 Å². The molecule has 33 heavy (non-hydrogen) atoms. The molecular weight excluding hydrogens is 408 g/mol. The smallest absolute Gasteiger partial charge is 0.138 e. The molecule has 0 spiro atoms. The number of rotatable bonds is 5. The van der Waals surface area contributed by atoms with Gasteiger partial charge >= 0.3 is 0 Å². The van der Waals surface area contributed by atoms with Gasteiger partial charge in [0, 0.05) is 11.8 Å². The van der Waals surface area contributed by atoms with E-state index < -0.39 is 11.7 Å². The number of carbonyl (C=O) groups excluding carboxylic acids is 1. The molecule has 188 valence electrons. The Morgan fingerprint density at radius 1 is 1.03 bits per heavy atom. The number of Topliss-reactive ketones (excluding diaryl/α,β-unsaturated/α-hetero) is 1. The normalized spacial score (nSPS) is 47.1. The number of hydrogen-bond donors (Lipinski definition) is 2. The van der Waals surface area contributed by atoms with E-state index >= 15 is 0 Å². The summed E-state index contributed by atoms with van der Waals surface area (Å²) in [5.74, 6) is 2.46. The molecule has 4 aliphatic carbocycles. The van der Waals surface area contributed by atoms with E-state index in [1.807, 2.05) is 13.8 Å². The Bertz CT molecular complexity index is 811. The molecule has 3 nitrogen and oxygen atoms in total. The number of fused-ring (bicyclic) bond motifs is 5. The lowest BCUT2D eigenvalue weighted by Gasteiger charge is -2.69. The lowest BCUT2D eigenvalue weighted by atomic mass is 9.35. The van der Waals surface area contributed by atoms with Gasteiger partial charge in [-0.3, -0.25) is 4.79 Å². The zero-order valence-corrected chi connectivity index (χ0v) is 22.5. The second kappa shape index (κ2) is 7.92. The zero-order valence-electron chi connectivity index (χ0n) is 22.5. The van der Waals surface area contributed by atoms with Crippen LogP contribution < -0.4 is 0 Å². The number of hydrogen-bond acceptors (Lipinski definition) is 3. The van der Waals surface area contributed by atoms with Crippen molar-refractivity contribution in [2.75, 3.05) is 0 Å². The second-order valence-corrected chi connectivity index (χ2v) is 14.2. The van der Waals surface area contributed by atoms with Gasteiger partial charge in [-0.25, -0.2) is 0 Å². The molecule has 0 unspecified atom stereocenters. The maximum Gasteiger partial charge on any atom is 0.138 e. The first-order chi connectivity index (χ1) is 15.1. The number of carbonyl (C=O) groups is 1. The van der Waals surface area contributed by atoms with Crippen molar-refractivity contribution in [1.82, 2.24) is 0 Å². The molecule has 4 saturated carbocycles. The lowest BCUT2D eigenvalue weighted by molar-refractivity contribution is -0.207. The molecule has 0 aromatic rings. The van der Waals surface area contributed by atoms with Crippen molar-refractivity contribution in [3.8, 4) is 0 Å². The minimum absolute atomic E-state index is 0.196. The number of ketones is 1. The van der Waals surface area contributed by atoms with Gasteiger partial charge in [0.25, 0.3) is 0 Å². The summed E-state index contributed by atoms with van der Waals surface area (Å²) in [6, 6.07) is 0. The van der Waals surface area contributed by atoms with Gasteiger partial charge in [-0.2, -0.15) is 0 Å². The summed E-state index contributed by atoms with van der Waals surface area (Å²) in [6.07, 6.45) is 9.58. The van der Waals surface area contributed by atoms with Crippen LogP contribution in [0.5, 0.6) is 0 Å². The number of aliphatic hydroxyl groups excluding tert-OH is 1. The molecule has 0 bridgehead atoms. The van der Waals surface area contributed by atoms with Crippen LogP contribution in [0.3, 0.4) is 0 Å². The highest BCUT2D eigenvalue weighted by Crippen LogP contribution is 2.75. The van der Waals surface area contributed by atoms with Crippen molar-refractivity contribution in [1.29, 1.82) is 0 Å². The topological polar surface area (TPSA) is 57.5 Å². The third-order valence-corrected chi connectivity index (χ3v) is 12.4. The van der Waals surface area contributed by atoms with E-state index in [0.29, 0.717) is 42.3 Å². The molecule has 0 saturated heterocycles. The monoisotopic (exact) mass is 458 g/mol. The van der Waals surface area contributed by atoms with Gasteiger partial charge in [0.15, 0.2) is 0 Å².